The third-order valence-corrected chi connectivity index (χ3v) is 4.66. The fourth-order valence-corrected chi connectivity index (χ4v) is 3.30. The van der Waals surface area contributed by atoms with Crippen molar-refractivity contribution >= 4 is 11.8 Å². The lowest BCUT2D eigenvalue weighted by Gasteiger charge is -2.35. The van der Waals surface area contributed by atoms with E-state index in [1.54, 1.807) is 12.3 Å². The van der Waals surface area contributed by atoms with E-state index < -0.39 is 0 Å². The Hall–Kier alpha value is -2.17. The summed E-state index contributed by atoms with van der Waals surface area (Å²) in [5.74, 6) is 1.45. The summed E-state index contributed by atoms with van der Waals surface area (Å²) < 4.78 is 13.6. The Kier molecular flexibility index (Phi) is 5.62. The van der Waals surface area contributed by atoms with E-state index in [0.29, 0.717) is 19.0 Å². The van der Waals surface area contributed by atoms with Gasteiger partial charge in [-0.25, -0.2) is 9.37 Å². The molecule has 1 atom stereocenters. The number of nitrogens with one attached hydrogen (secondary N) is 1. The van der Waals surface area contributed by atoms with Crippen molar-refractivity contribution in [2.24, 2.45) is 0 Å². The molecule has 1 unspecified atom stereocenters. The minimum absolute atomic E-state index is 0.151. The van der Waals surface area contributed by atoms with Gasteiger partial charge in [-0.1, -0.05) is 25.1 Å². The summed E-state index contributed by atoms with van der Waals surface area (Å²) in [6, 6.07) is 9.30. The molecular formula is C19H25FN4. The topological polar surface area (TPSA) is 41.1 Å². The fourth-order valence-electron chi connectivity index (χ4n) is 3.30. The number of anilines is 2. The summed E-state index contributed by atoms with van der Waals surface area (Å²) >= 11 is 0. The summed E-state index contributed by atoms with van der Waals surface area (Å²) in [6.07, 6.45) is 7.25. The third kappa shape index (κ3) is 4.02. The van der Waals surface area contributed by atoms with Gasteiger partial charge in [0.15, 0.2) is 0 Å². The minimum Gasteiger partial charge on any atom is -0.370 e. The van der Waals surface area contributed by atoms with Gasteiger partial charge in [0.2, 0.25) is 5.95 Å². The van der Waals surface area contributed by atoms with Gasteiger partial charge in [-0.2, -0.15) is 4.98 Å². The highest BCUT2D eigenvalue weighted by Crippen LogP contribution is 2.24. The smallest absolute Gasteiger partial charge is 0.227 e. The minimum atomic E-state index is -0.151. The van der Waals surface area contributed by atoms with Crippen LogP contribution in [0.3, 0.4) is 0 Å². The standard InChI is InChI=1S/C19H25FN4/c1-2-16-8-5-6-14-24(16)19-22-13-11-18(23-19)21-12-10-15-7-3-4-9-17(15)20/h3-4,7,9,11,13,16H,2,5-6,8,10,12,14H2,1H3,(H,21,22,23). The van der Waals surface area contributed by atoms with Crippen LogP contribution in [0.1, 0.15) is 38.2 Å². The first kappa shape index (κ1) is 16.7. The monoisotopic (exact) mass is 328 g/mol. The zero-order chi connectivity index (χ0) is 16.8. The zero-order valence-electron chi connectivity index (χ0n) is 14.2. The number of rotatable bonds is 6. The first-order valence-corrected chi connectivity index (χ1v) is 8.85. The van der Waals surface area contributed by atoms with Crippen LogP contribution in [0.25, 0.3) is 0 Å². The Morgan fingerprint density at radius 1 is 1.25 bits per heavy atom. The van der Waals surface area contributed by atoms with Crippen molar-refractivity contribution in [3.05, 3.63) is 47.9 Å². The molecule has 1 fully saturated rings. The lowest BCUT2D eigenvalue weighted by molar-refractivity contribution is 0.443. The highest BCUT2D eigenvalue weighted by molar-refractivity contribution is 5.42. The summed E-state index contributed by atoms with van der Waals surface area (Å²) in [6.45, 7) is 3.89. The van der Waals surface area contributed by atoms with Crippen LogP contribution in [0.2, 0.25) is 0 Å². The first-order chi connectivity index (χ1) is 11.8. The van der Waals surface area contributed by atoms with Crippen molar-refractivity contribution in [2.75, 3.05) is 23.3 Å². The van der Waals surface area contributed by atoms with E-state index in [2.05, 4.69) is 27.1 Å². The molecule has 2 heterocycles. The molecule has 0 bridgehead atoms. The molecule has 24 heavy (non-hydrogen) atoms. The summed E-state index contributed by atoms with van der Waals surface area (Å²) in [7, 11) is 0. The van der Waals surface area contributed by atoms with E-state index in [4.69, 9.17) is 0 Å². The molecule has 2 aromatic rings. The van der Waals surface area contributed by atoms with Crippen LogP contribution in [0.4, 0.5) is 16.2 Å². The van der Waals surface area contributed by atoms with Gasteiger partial charge in [0.25, 0.3) is 0 Å². The number of hydrogen-bond donors (Lipinski definition) is 1. The zero-order valence-corrected chi connectivity index (χ0v) is 14.2. The number of piperidine rings is 1. The molecule has 0 spiro atoms. The average Bonchev–Trinajstić information content (AvgIpc) is 2.63. The maximum absolute atomic E-state index is 13.6. The largest absolute Gasteiger partial charge is 0.370 e. The van der Waals surface area contributed by atoms with Gasteiger partial charge >= 0.3 is 0 Å². The highest BCUT2D eigenvalue weighted by atomic mass is 19.1. The second kappa shape index (κ2) is 8.08. The molecule has 1 aliphatic heterocycles. The quantitative estimate of drug-likeness (QED) is 0.869. The number of benzene rings is 1. The summed E-state index contributed by atoms with van der Waals surface area (Å²) in [4.78, 5) is 11.4. The molecule has 5 heteroatoms. The average molecular weight is 328 g/mol. The van der Waals surface area contributed by atoms with E-state index in [1.807, 2.05) is 18.2 Å². The highest BCUT2D eigenvalue weighted by Gasteiger charge is 2.23. The SMILES string of the molecule is CCC1CCCCN1c1nccc(NCCc2ccccc2F)n1. The number of halogens is 1. The van der Waals surface area contributed by atoms with E-state index in [1.165, 1.54) is 25.3 Å². The van der Waals surface area contributed by atoms with Crippen LogP contribution in [-0.4, -0.2) is 29.1 Å². The van der Waals surface area contributed by atoms with Crippen LogP contribution in [-0.2, 0) is 6.42 Å². The Morgan fingerprint density at radius 3 is 2.96 bits per heavy atom. The van der Waals surface area contributed by atoms with Crippen LogP contribution in [0, 0.1) is 5.82 Å². The lowest BCUT2D eigenvalue weighted by atomic mass is 10.0. The Labute approximate surface area is 143 Å². The lowest BCUT2D eigenvalue weighted by Crippen LogP contribution is -2.40. The van der Waals surface area contributed by atoms with E-state index >= 15 is 0 Å². The Bertz CT molecular complexity index is 661. The first-order valence-electron chi connectivity index (χ1n) is 8.85. The second-order valence-corrected chi connectivity index (χ2v) is 6.26. The number of aromatic nitrogens is 2. The maximum atomic E-state index is 13.6. The van der Waals surface area contributed by atoms with Crippen molar-refractivity contribution in [3.8, 4) is 0 Å². The van der Waals surface area contributed by atoms with Gasteiger partial charge in [-0.3, -0.25) is 0 Å². The van der Waals surface area contributed by atoms with Crippen molar-refractivity contribution < 1.29 is 4.39 Å². The molecule has 0 radical (unpaired) electrons. The molecule has 0 saturated carbocycles. The molecule has 0 amide bonds. The van der Waals surface area contributed by atoms with Crippen molar-refractivity contribution in [2.45, 2.75) is 45.1 Å². The number of hydrogen-bond acceptors (Lipinski definition) is 4. The van der Waals surface area contributed by atoms with Gasteiger partial charge in [0, 0.05) is 25.3 Å². The number of nitrogens with zero attached hydrogens (tertiary/aromatic N) is 3. The maximum Gasteiger partial charge on any atom is 0.227 e. The van der Waals surface area contributed by atoms with E-state index in [-0.39, 0.29) is 5.82 Å². The normalized spacial score (nSPS) is 17.8. The van der Waals surface area contributed by atoms with Gasteiger partial charge in [-0.15, -0.1) is 0 Å². The van der Waals surface area contributed by atoms with Crippen molar-refractivity contribution in [3.63, 3.8) is 0 Å². The molecule has 0 aliphatic carbocycles. The van der Waals surface area contributed by atoms with E-state index in [9.17, 15) is 4.39 Å². The predicted molar refractivity (Wildman–Crippen MR) is 95.9 cm³/mol. The molecule has 1 N–H and O–H groups in total. The molecule has 1 aromatic heterocycles. The predicted octanol–water partition coefficient (Wildman–Crippen LogP) is 4.04. The molecular weight excluding hydrogens is 303 g/mol. The molecule has 1 aliphatic rings. The van der Waals surface area contributed by atoms with Gasteiger partial charge in [0.05, 0.1) is 0 Å². The molecule has 3 rings (SSSR count). The third-order valence-electron chi connectivity index (χ3n) is 4.66. The van der Waals surface area contributed by atoms with E-state index in [0.717, 1.165) is 30.3 Å². The van der Waals surface area contributed by atoms with Gasteiger partial charge < -0.3 is 10.2 Å². The second-order valence-electron chi connectivity index (χ2n) is 6.26. The van der Waals surface area contributed by atoms with Gasteiger partial charge in [-0.05, 0) is 49.8 Å². The Morgan fingerprint density at radius 2 is 2.12 bits per heavy atom. The molecule has 1 saturated heterocycles. The summed E-state index contributed by atoms with van der Waals surface area (Å²) in [5.41, 5.74) is 0.723. The van der Waals surface area contributed by atoms with Gasteiger partial charge in [0.1, 0.15) is 11.6 Å². The molecule has 128 valence electrons. The van der Waals surface area contributed by atoms with Crippen molar-refractivity contribution in [1.29, 1.82) is 0 Å². The van der Waals surface area contributed by atoms with Crippen LogP contribution < -0.4 is 10.2 Å². The fraction of sp³-hybridized carbons (Fsp3) is 0.474. The molecule has 4 nitrogen and oxygen atoms in total. The van der Waals surface area contributed by atoms with Crippen molar-refractivity contribution in [1.82, 2.24) is 9.97 Å². The summed E-state index contributed by atoms with van der Waals surface area (Å²) in [5, 5.41) is 3.29. The molecule has 1 aromatic carbocycles. The van der Waals surface area contributed by atoms with Crippen LogP contribution in [0.5, 0.6) is 0 Å². The Balaban J connectivity index is 1.62. The van der Waals surface area contributed by atoms with Crippen LogP contribution in [0.15, 0.2) is 36.5 Å². The van der Waals surface area contributed by atoms with Crippen LogP contribution >= 0.6 is 0 Å².